The number of urea groups is 1. The van der Waals surface area contributed by atoms with Gasteiger partial charge in [-0.25, -0.2) is 4.79 Å². The summed E-state index contributed by atoms with van der Waals surface area (Å²) in [6.45, 7) is 2.92. The van der Waals surface area contributed by atoms with E-state index in [1.54, 1.807) is 18.9 Å². The van der Waals surface area contributed by atoms with Crippen LogP contribution in [0, 0.1) is 0 Å². The Morgan fingerprint density at radius 1 is 1.53 bits per heavy atom. The van der Waals surface area contributed by atoms with Crippen LogP contribution < -0.4 is 10.1 Å². The van der Waals surface area contributed by atoms with E-state index in [0.29, 0.717) is 11.8 Å². The number of methoxy groups -OCH3 is 1. The number of carbonyl (C=O) groups excluding carboxylic acids is 1. The molecule has 1 saturated heterocycles. The highest BCUT2D eigenvalue weighted by molar-refractivity contribution is 7.98. The minimum absolute atomic E-state index is 0.0415. The molecule has 0 spiro atoms. The Morgan fingerprint density at radius 3 is 2.89 bits per heavy atom. The Balaban J connectivity index is 2.12. The molecule has 5 heteroatoms. The molecule has 0 radical (unpaired) electrons. The van der Waals surface area contributed by atoms with Crippen molar-refractivity contribution >= 4 is 23.5 Å². The zero-order valence-electron chi connectivity index (χ0n) is 11.6. The van der Waals surface area contributed by atoms with Gasteiger partial charge in [0.15, 0.2) is 0 Å². The predicted octanol–water partition coefficient (Wildman–Crippen LogP) is 3.43. The number of nitrogens with zero attached hydrogens (tertiary/aromatic N) is 1. The summed E-state index contributed by atoms with van der Waals surface area (Å²) in [7, 11) is 1.62. The van der Waals surface area contributed by atoms with Gasteiger partial charge in [0.25, 0.3) is 0 Å². The lowest BCUT2D eigenvalue weighted by Gasteiger charge is -2.22. The first-order chi connectivity index (χ1) is 9.15. The van der Waals surface area contributed by atoms with E-state index in [0.717, 1.165) is 30.0 Å². The Hall–Kier alpha value is -1.36. The third kappa shape index (κ3) is 3.15. The molecule has 1 aliphatic heterocycles. The van der Waals surface area contributed by atoms with Crippen molar-refractivity contribution in [3.8, 4) is 5.75 Å². The van der Waals surface area contributed by atoms with Crippen molar-refractivity contribution < 1.29 is 9.53 Å². The van der Waals surface area contributed by atoms with Crippen molar-refractivity contribution in [3.63, 3.8) is 0 Å². The molecule has 0 aliphatic carbocycles. The molecule has 1 heterocycles. The van der Waals surface area contributed by atoms with Crippen molar-refractivity contribution in [2.45, 2.75) is 30.7 Å². The van der Waals surface area contributed by atoms with Gasteiger partial charge < -0.3 is 15.0 Å². The van der Waals surface area contributed by atoms with E-state index in [2.05, 4.69) is 12.2 Å². The van der Waals surface area contributed by atoms with E-state index in [1.807, 2.05) is 29.4 Å². The summed E-state index contributed by atoms with van der Waals surface area (Å²) in [6, 6.07) is 6.09. The number of hydrogen-bond acceptors (Lipinski definition) is 3. The highest BCUT2D eigenvalue weighted by atomic mass is 32.2. The molecule has 0 bridgehead atoms. The molecule has 1 unspecified atom stereocenters. The van der Waals surface area contributed by atoms with E-state index in [1.165, 1.54) is 0 Å². The maximum atomic E-state index is 12.2. The van der Waals surface area contributed by atoms with E-state index < -0.39 is 0 Å². The zero-order valence-corrected chi connectivity index (χ0v) is 12.4. The SMILES string of the molecule is COc1cc(SC)ccc1NC(=O)N1CCCC1C. The second kappa shape index (κ2) is 6.19. The van der Waals surface area contributed by atoms with Crippen molar-refractivity contribution in [1.29, 1.82) is 0 Å². The highest BCUT2D eigenvalue weighted by Gasteiger charge is 2.25. The van der Waals surface area contributed by atoms with E-state index in [-0.39, 0.29) is 6.03 Å². The van der Waals surface area contributed by atoms with E-state index in [9.17, 15) is 4.79 Å². The highest BCUT2D eigenvalue weighted by Crippen LogP contribution is 2.30. The molecule has 1 N–H and O–H groups in total. The molecule has 1 aromatic carbocycles. The maximum absolute atomic E-state index is 12.2. The monoisotopic (exact) mass is 280 g/mol. The molecule has 2 rings (SSSR count). The van der Waals surface area contributed by atoms with Gasteiger partial charge in [-0.2, -0.15) is 0 Å². The van der Waals surface area contributed by atoms with Crippen LogP contribution in [0.1, 0.15) is 19.8 Å². The van der Waals surface area contributed by atoms with Gasteiger partial charge in [0.05, 0.1) is 12.8 Å². The topological polar surface area (TPSA) is 41.6 Å². The van der Waals surface area contributed by atoms with Gasteiger partial charge >= 0.3 is 6.03 Å². The number of anilines is 1. The lowest BCUT2D eigenvalue weighted by molar-refractivity contribution is 0.210. The number of carbonyl (C=O) groups is 1. The molecule has 1 atom stereocenters. The number of ether oxygens (including phenoxy) is 1. The largest absolute Gasteiger partial charge is 0.495 e. The fourth-order valence-electron chi connectivity index (χ4n) is 2.32. The zero-order chi connectivity index (χ0) is 13.8. The number of rotatable bonds is 3. The normalized spacial score (nSPS) is 18.5. The quantitative estimate of drug-likeness (QED) is 0.862. The molecular weight excluding hydrogens is 260 g/mol. The summed E-state index contributed by atoms with van der Waals surface area (Å²) in [4.78, 5) is 15.2. The third-order valence-electron chi connectivity index (χ3n) is 3.46. The van der Waals surface area contributed by atoms with Crippen LogP contribution >= 0.6 is 11.8 Å². The molecule has 1 aliphatic rings. The lowest BCUT2D eigenvalue weighted by Crippen LogP contribution is -2.37. The molecule has 19 heavy (non-hydrogen) atoms. The van der Waals surface area contributed by atoms with Gasteiger partial charge in [0.2, 0.25) is 0 Å². The van der Waals surface area contributed by atoms with Crippen molar-refractivity contribution in [1.82, 2.24) is 4.90 Å². The molecular formula is C14H20N2O2S. The standard InChI is InChI=1S/C14H20N2O2S/c1-10-5-4-8-16(10)14(17)15-12-7-6-11(19-3)9-13(12)18-2/h6-7,9-10H,4-5,8H2,1-3H3,(H,15,17). The Bertz CT molecular complexity index is 465. The van der Waals surface area contributed by atoms with Crippen molar-refractivity contribution in [3.05, 3.63) is 18.2 Å². The van der Waals surface area contributed by atoms with Gasteiger partial charge in [0, 0.05) is 17.5 Å². The van der Waals surface area contributed by atoms with Gasteiger partial charge in [-0.05, 0) is 44.2 Å². The van der Waals surface area contributed by atoms with Crippen molar-refractivity contribution in [2.75, 3.05) is 25.2 Å². The molecule has 104 valence electrons. The number of thioether (sulfide) groups is 1. The van der Waals surface area contributed by atoms with Gasteiger partial charge in [-0.1, -0.05) is 0 Å². The second-order valence-corrected chi connectivity index (χ2v) is 5.56. The Labute approximate surface area is 118 Å². The first kappa shape index (κ1) is 14.1. The molecule has 0 saturated carbocycles. The van der Waals surface area contributed by atoms with Gasteiger partial charge in [-0.3, -0.25) is 0 Å². The van der Waals surface area contributed by atoms with E-state index in [4.69, 9.17) is 4.74 Å². The maximum Gasteiger partial charge on any atom is 0.322 e. The lowest BCUT2D eigenvalue weighted by atomic mass is 10.2. The predicted molar refractivity (Wildman–Crippen MR) is 79.2 cm³/mol. The van der Waals surface area contributed by atoms with Crippen LogP contribution in [0.2, 0.25) is 0 Å². The van der Waals surface area contributed by atoms with Crippen LogP contribution in [-0.4, -0.2) is 36.9 Å². The first-order valence-corrected chi connectivity index (χ1v) is 7.68. The first-order valence-electron chi connectivity index (χ1n) is 6.45. The summed E-state index contributed by atoms with van der Waals surface area (Å²) in [5, 5.41) is 2.94. The van der Waals surface area contributed by atoms with Crippen LogP contribution in [0.15, 0.2) is 23.1 Å². The van der Waals surface area contributed by atoms with Gasteiger partial charge in [0.1, 0.15) is 5.75 Å². The summed E-state index contributed by atoms with van der Waals surface area (Å²) in [5.41, 5.74) is 0.726. The smallest absolute Gasteiger partial charge is 0.322 e. The molecule has 1 fully saturated rings. The summed E-state index contributed by atoms with van der Waals surface area (Å²) in [5.74, 6) is 0.701. The van der Waals surface area contributed by atoms with Crippen LogP contribution in [0.3, 0.4) is 0 Å². The number of nitrogens with one attached hydrogen (secondary N) is 1. The third-order valence-corrected chi connectivity index (χ3v) is 4.19. The second-order valence-electron chi connectivity index (χ2n) is 4.68. The number of amides is 2. The molecule has 0 aromatic heterocycles. The molecule has 2 amide bonds. The summed E-state index contributed by atoms with van der Waals surface area (Å²) in [6.07, 6.45) is 4.17. The molecule has 1 aromatic rings. The number of likely N-dealkylation sites (tertiary alicyclic amines) is 1. The Morgan fingerprint density at radius 2 is 2.32 bits per heavy atom. The number of hydrogen-bond donors (Lipinski definition) is 1. The Kier molecular flexibility index (Phi) is 4.58. The average molecular weight is 280 g/mol. The fourth-order valence-corrected chi connectivity index (χ4v) is 2.75. The molecule has 4 nitrogen and oxygen atoms in total. The van der Waals surface area contributed by atoms with Crippen LogP contribution in [0.4, 0.5) is 10.5 Å². The number of benzene rings is 1. The minimum Gasteiger partial charge on any atom is -0.495 e. The van der Waals surface area contributed by atoms with Crippen LogP contribution in [0.25, 0.3) is 0 Å². The minimum atomic E-state index is -0.0415. The van der Waals surface area contributed by atoms with E-state index >= 15 is 0 Å². The van der Waals surface area contributed by atoms with Crippen LogP contribution in [-0.2, 0) is 0 Å². The van der Waals surface area contributed by atoms with Gasteiger partial charge in [-0.15, -0.1) is 11.8 Å². The van der Waals surface area contributed by atoms with Crippen molar-refractivity contribution in [2.24, 2.45) is 0 Å². The summed E-state index contributed by atoms with van der Waals surface area (Å²) < 4.78 is 5.33. The summed E-state index contributed by atoms with van der Waals surface area (Å²) >= 11 is 1.65. The average Bonchev–Trinajstić information content (AvgIpc) is 2.85. The fraction of sp³-hybridized carbons (Fsp3) is 0.500. The van der Waals surface area contributed by atoms with Crippen LogP contribution in [0.5, 0.6) is 5.75 Å².